The van der Waals surface area contributed by atoms with Crippen molar-refractivity contribution < 1.29 is 0 Å². The SMILES string of the molecule is Cc1ccc(CNCC(C)(C)N)c(C)c1. The van der Waals surface area contributed by atoms with E-state index in [0.29, 0.717) is 0 Å². The lowest BCUT2D eigenvalue weighted by Crippen LogP contribution is -2.42. The Morgan fingerprint density at radius 2 is 1.93 bits per heavy atom. The smallest absolute Gasteiger partial charge is 0.0223 e. The Balaban J connectivity index is 2.51. The van der Waals surface area contributed by atoms with Gasteiger partial charge >= 0.3 is 0 Å². The van der Waals surface area contributed by atoms with Crippen molar-refractivity contribution in [2.24, 2.45) is 5.73 Å². The van der Waals surface area contributed by atoms with Crippen LogP contribution in [0.5, 0.6) is 0 Å². The van der Waals surface area contributed by atoms with Crippen LogP contribution < -0.4 is 11.1 Å². The van der Waals surface area contributed by atoms with Gasteiger partial charge in [-0.2, -0.15) is 0 Å². The summed E-state index contributed by atoms with van der Waals surface area (Å²) in [7, 11) is 0. The van der Waals surface area contributed by atoms with E-state index in [2.05, 4.69) is 37.4 Å². The Labute approximate surface area is 92.9 Å². The van der Waals surface area contributed by atoms with E-state index in [1.54, 1.807) is 0 Å². The van der Waals surface area contributed by atoms with Gasteiger partial charge in [-0.05, 0) is 38.8 Å². The van der Waals surface area contributed by atoms with E-state index in [-0.39, 0.29) is 5.54 Å². The molecule has 1 aromatic carbocycles. The third kappa shape index (κ3) is 4.45. The van der Waals surface area contributed by atoms with Gasteiger partial charge in [0.25, 0.3) is 0 Å². The molecule has 84 valence electrons. The van der Waals surface area contributed by atoms with E-state index >= 15 is 0 Å². The molecule has 0 amide bonds. The highest BCUT2D eigenvalue weighted by molar-refractivity contribution is 5.30. The van der Waals surface area contributed by atoms with Gasteiger partial charge in [0.2, 0.25) is 0 Å². The lowest BCUT2D eigenvalue weighted by atomic mass is 10.0. The first-order chi connectivity index (χ1) is 6.88. The molecule has 3 N–H and O–H groups in total. The molecule has 0 unspecified atom stereocenters. The molecule has 0 aliphatic heterocycles. The van der Waals surface area contributed by atoms with Gasteiger partial charge in [-0.15, -0.1) is 0 Å². The number of aryl methyl sites for hydroxylation is 2. The van der Waals surface area contributed by atoms with Crippen LogP contribution >= 0.6 is 0 Å². The lowest BCUT2D eigenvalue weighted by molar-refractivity contribution is 0.466. The minimum atomic E-state index is -0.140. The van der Waals surface area contributed by atoms with Crippen LogP contribution in [0.1, 0.15) is 30.5 Å². The number of hydrogen-bond donors (Lipinski definition) is 2. The first kappa shape index (κ1) is 12.2. The minimum Gasteiger partial charge on any atom is -0.324 e. The third-order valence-electron chi connectivity index (χ3n) is 2.39. The molecule has 0 bridgehead atoms. The fraction of sp³-hybridized carbons (Fsp3) is 0.538. The Kier molecular flexibility index (Phi) is 3.89. The van der Waals surface area contributed by atoms with Crippen LogP contribution in [0.4, 0.5) is 0 Å². The van der Waals surface area contributed by atoms with Crippen LogP contribution in [0.25, 0.3) is 0 Å². The Hall–Kier alpha value is -0.860. The molecule has 0 saturated carbocycles. The second kappa shape index (κ2) is 4.77. The molecule has 0 heterocycles. The van der Waals surface area contributed by atoms with E-state index < -0.39 is 0 Å². The number of benzene rings is 1. The zero-order valence-electron chi connectivity index (χ0n) is 10.2. The van der Waals surface area contributed by atoms with Crippen LogP contribution in [0.15, 0.2) is 18.2 Å². The van der Waals surface area contributed by atoms with Crippen LogP contribution in [0, 0.1) is 13.8 Å². The van der Waals surface area contributed by atoms with Gasteiger partial charge in [0.1, 0.15) is 0 Å². The van der Waals surface area contributed by atoms with Crippen molar-refractivity contribution in [1.82, 2.24) is 5.32 Å². The zero-order valence-corrected chi connectivity index (χ0v) is 10.2. The molecule has 0 fully saturated rings. The summed E-state index contributed by atoms with van der Waals surface area (Å²) in [6.07, 6.45) is 0. The number of rotatable bonds is 4. The van der Waals surface area contributed by atoms with Crippen molar-refractivity contribution in [3.05, 3.63) is 34.9 Å². The maximum absolute atomic E-state index is 5.90. The summed E-state index contributed by atoms with van der Waals surface area (Å²) in [5, 5.41) is 3.38. The van der Waals surface area contributed by atoms with Crippen LogP contribution in [0.2, 0.25) is 0 Å². The van der Waals surface area contributed by atoms with E-state index in [4.69, 9.17) is 5.73 Å². The standard InChI is InChI=1S/C13H22N2/c1-10-5-6-12(11(2)7-10)8-15-9-13(3,4)14/h5-7,15H,8-9,14H2,1-4H3. The van der Waals surface area contributed by atoms with Crippen LogP contribution in [0.3, 0.4) is 0 Å². The zero-order chi connectivity index (χ0) is 11.5. The molecule has 0 aliphatic carbocycles. The lowest BCUT2D eigenvalue weighted by Gasteiger charge is -2.19. The fourth-order valence-electron chi connectivity index (χ4n) is 1.56. The largest absolute Gasteiger partial charge is 0.324 e. The molecule has 1 rings (SSSR count). The average Bonchev–Trinajstić information content (AvgIpc) is 2.07. The van der Waals surface area contributed by atoms with Gasteiger partial charge in [0.05, 0.1) is 0 Å². The van der Waals surface area contributed by atoms with Gasteiger partial charge in [-0.1, -0.05) is 23.8 Å². The van der Waals surface area contributed by atoms with Gasteiger partial charge in [-0.3, -0.25) is 0 Å². The number of nitrogens with two attached hydrogens (primary N) is 1. The number of nitrogens with one attached hydrogen (secondary N) is 1. The molecule has 0 atom stereocenters. The maximum Gasteiger partial charge on any atom is 0.0223 e. The molecule has 0 saturated heterocycles. The predicted octanol–water partition coefficient (Wildman–Crippen LogP) is 2.13. The first-order valence-corrected chi connectivity index (χ1v) is 5.44. The van der Waals surface area contributed by atoms with Gasteiger partial charge in [0.15, 0.2) is 0 Å². The average molecular weight is 206 g/mol. The first-order valence-electron chi connectivity index (χ1n) is 5.44. The molecule has 0 radical (unpaired) electrons. The summed E-state index contributed by atoms with van der Waals surface area (Å²) < 4.78 is 0. The summed E-state index contributed by atoms with van der Waals surface area (Å²) in [5.41, 5.74) is 9.77. The highest BCUT2D eigenvalue weighted by Crippen LogP contribution is 2.10. The van der Waals surface area contributed by atoms with E-state index in [0.717, 1.165) is 13.1 Å². The van der Waals surface area contributed by atoms with E-state index in [9.17, 15) is 0 Å². The quantitative estimate of drug-likeness (QED) is 0.792. The van der Waals surface area contributed by atoms with Crippen molar-refractivity contribution in [3.63, 3.8) is 0 Å². The Bertz CT molecular complexity index is 324. The van der Waals surface area contributed by atoms with Crippen molar-refractivity contribution in [3.8, 4) is 0 Å². The normalized spacial score (nSPS) is 11.8. The van der Waals surface area contributed by atoms with E-state index in [1.807, 2.05) is 13.8 Å². The van der Waals surface area contributed by atoms with Gasteiger partial charge < -0.3 is 11.1 Å². The topological polar surface area (TPSA) is 38.0 Å². The molecule has 0 spiro atoms. The van der Waals surface area contributed by atoms with Gasteiger partial charge in [-0.25, -0.2) is 0 Å². The highest BCUT2D eigenvalue weighted by atomic mass is 14.9. The van der Waals surface area contributed by atoms with Gasteiger partial charge in [0, 0.05) is 18.6 Å². The third-order valence-corrected chi connectivity index (χ3v) is 2.39. The highest BCUT2D eigenvalue weighted by Gasteiger charge is 2.09. The molecule has 2 nitrogen and oxygen atoms in total. The monoisotopic (exact) mass is 206 g/mol. The number of hydrogen-bond acceptors (Lipinski definition) is 2. The second-order valence-electron chi connectivity index (χ2n) is 5.02. The molecule has 0 aromatic heterocycles. The summed E-state index contributed by atoms with van der Waals surface area (Å²) in [6.45, 7) is 10.1. The van der Waals surface area contributed by atoms with Crippen molar-refractivity contribution in [2.75, 3.05) is 6.54 Å². The predicted molar refractivity (Wildman–Crippen MR) is 65.9 cm³/mol. The van der Waals surface area contributed by atoms with Crippen molar-refractivity contribution in [1.29, 1.82) is 0 Å². The molecule has 0 aliphatic rings. The Morgan fingerprint density at radius 1 is 1.27 bits per heavy atom. The summed E-state index contributed by atoms with van der Waals surface area (Å²) in [4.78, 5) is 0. The fourth-order valence-corrected chi connectivity index (χ4v) is 1.56. The van der Waals surface area contributed by atoms with Crippen LogP contribution in [-0.2, 0) is 6.54 Å². The molecule has 1 aromatic rings. The Morgan fingerprint density at radius 3 is 2.47 bits per heavy atom. The van der Waals surface area contributed by atoms with Crippen molar-refractivity contribution in [2.45, 2.75) is 39.8 Å². The molecular formula is C13H22N2. The second-order valence-corrected chi connectivity index (χ2v) is 5.02. The molecule has 15 heavy (non-hydrogen) atoms. The minimum absolute atomic E-state index is 0.140. The summed E-state index contributed by atoms with van der Waals surface area (Å²) in [5.74, 6) is 0. The molecule has 2 heteroatoms. The summed E-state index contributed by atoms with van der Waals surface area (Å²) >= 11 is 0. The molecular weight excluding hydrogens is 184 g/mol. The van der Waals surface area contributed by atoms with E-state index in [1.165, 1.54) is 16.7 Å². The maximum atomic E-state index is 5.90. The summed E-state index contributed by atoms with van der Waals surface area (Å²) in [6, 6.07) is 6.55. The van der Waals surface area contributed by atoms with Crippen molar-refractivity contribution >= 4 is 0 Å². The van der Waals surface area contributed by atoms with Crippen LogP contribution in [-0.4, -0.2) is 12.1 Å².